The highest BCUT2D eigenvalue weighted by molar-refractivity contribution is 7.89. The number of aromatic nitrogens is 2. The summed E-state index contributed by atoms with van der Waals surface area (Å²) in [7, 11) is -3.70. The molecule has 0 saturated carbocycles. The quantitative estimate of drug-likeness (QED) is 0.744. The second kappa shape index (κ2) is 4.04. The number of carbonyl (C=O) groups is 1. The Bertz CT molecular complexity index is 557. The van der Waals surface area contributed by atoms with Gasteiger partial charge in [0.2, 0.25) is 21.9 Å². The second-order valence-electron chi connectivity index (χ2n) is 3.92. The molecule has 2 N–H and O–H groups in total. The summed E-state index contributed by atoms with van der Waals surface area (Å²) in [4.78, 5) is 20.9. The molecule has 1 aromatic heterocycles. The van der Waals surface area contributed by atoms with Gasteiger partial charge in [-0.25, -0.2) is 23.5 Å². The third kappa shape index (κ3) is 2.42. The Morgan fingerprint density at radius 3 is 2.76 bits per heavy atom. The van der Waals surface area contributed by atoms with Crippen LogP contribution in [0.1, 0.15) is 12.1 Å². The monoisotopic (exact) mass is 256 g/mol. The van der Waals surface area contributed by atoms with Crippen LogP contribution in [-0.4, -0.2) is 36.1 Å². The molecular formula is C9H12N4O3S. The van der Waals surface area contributed by atoms with Crippen molar-refractivity contribution in [3.8, 4) is 0 Å². The van der Waals surface area contributed by atoms with Crippen LogP contribution >= 0.6 is 0 Å². The molecular weight excluding hydrogens is 244 g/mol. The van der Waals surface area contributed by atoms with Gasteiger partial charge in [0.25, 0.3) is 0 Å². The number of rotatable bonds is 2. The van der Waals surface area contributed by atoms with E-state index in [1.165, 1.54) is 11.1 Å². The molecule has 7 nitrogen and oxygen atoms in total. The number of nitrogens with two attached hydrogens (primary N) is 1. The van der Waals surface area contributed by atoms with Crippen molar-refractivity contribution in [2.45, 2.75) is 18.6 Å². The van der Waals surface area contributed by atoms with Gasteiger partial charge in [-0.1, -0.05) is 0 Å². The normalized spacial score (nSPS) is 20.9. The standard InChI is InChI=1S/C9H12N4O3S/c1-6-2-3-11-9(12-6)13-5-7(4-8(13)14)17(10,15)16/h2-3,7H,4-5H2,1H3,(H2,10,15,16). The highest BCUT2D eigenvalue weighted by atomic mass is 32.2. The van der Waals surface area contributed by atoms with E-state index in [1.54, 1.807) is 13.0 Å². The van der Waals surface area contributed by atoms with Crippen molar-refractivity contribution in [1.29, 1.82) is 0 Å². The van der Waals surface area contributed by atoms with Gasteiger partial charge < -0.3 is 0 Å². The second-order valence-corrected chi connectivity index (χ2v) is 5.76. The average Bonchev–Trinajstić information content (AvgIpc) is 2.60. The van der Waals surface area contributed by atoms with Crippen LogP contribution in [0.2, 0.25) is 0 Å². The van der Waals surface area contributed by atoms with Gasteiger partial charge in [-0.05, 0) is 13.0 Å². The number of hydrogen-bond donors (Lipinski definition) is 1. The van der Waals surface area contributed by atoms with Crippen molar-refractivity contribution < 1.29 is 13.2 Å². The molecule has 0 spiro atoms. The lowest BCUT2D eigenvalue weighted by molar-refractivity contribution is -0.117. The van der Waals surface area contributed by atoms with E-state index in [9.17, 15) is 13.2 Å². The molecule has 2 heterocycles. The molecule has 0 aliphatic carbocycles. The van der Waals surface area contributed by atoms with E-state index in [0.717, 1.165) is 0 Å². The third-order valence-corrected chi connectivity index (χ3v) is 3.82. The van der Waals surface area contributed by atoms with Crippen LogP contribution in [-0.2, 0) is 14.8 Å². The molecule has 0 radical (unpaired) electrons. The summed E-state index contributed by atoms with van der Waals surface area (Å²) in [5.74, 6) is -0.101. The van der Waals surface area contributed by atoms with E-state index in [-0.39, 0.29) is 24.8 Å². The number of hydrogen-bond acceptors (Lipinski definition) is 5. The molecule has 1 atom stereocenters. The number of anilines is 1. The maximum Gasteiger partial charge on any atom is 0.232 e. The van der Waals surface area contributed by atoms with E-state index in [1.807, 2.05) is 0 Å². The Hall–Kier alpha value is -1.54. The van der Waals surface area contributed by atoms with Crippen molar-refractivity contribution in [2.75, 3.05) is 11.4 Å². The Morgan fingerprint density at radius 2 is 2.24 bits per heavy atom. The number of amides is 1. The van der Waals surface area contributed by atoms with E-state index in [4.69, 9.17) is 5.14 Å². The molecule has 8 heteroatoms. The van der Waals surface area contributed by atoms with Crippen molar-refractivity contribution >= 4 is 21.9 Å². The summed E-state index contributed by atoms with van der Waals surface area (Å²) < 4.78 is 22.4. The summed E-state index contributed by atoms with van der Waals surface area (Å²) >= 11 is 0. The van der Waals surface area contributed by atoms with Crippen LogP contribution in [0.5, 0.6) is 0 Å². The molecule has 1 saturated heterocycles. The Morgan fingerprint density at radius 1 is 1.53 bits per heavy atom. The molecule has 1 aliphatic rings. The first kappa shape index (κ1) is 11.9. The number of aryl methyl sites for hydroxylation is 1. The lowest BCUT2D eigenvalue weighted by Crippen LogP contribution is -2.32. The molecule has 17 heavy (non-hydrogen) atoms. The zero-order valence-corrected chi connectivity index (χ0v) is 10.0. The minimum atomic E-state index is -3.70. The van der Waals surface area contributed by atoms with Crippen LogP contribution in [0.25, 0.3) is 0 Å². The molecule has 1 amide bonds. The number of carbonyl (C=O) groups excluding carboxylic acids is 1. The molecule has 1 aliphatic heterocycles. The largest absolute Gasteiger partial charge is 0.279 e. The number of nitrogens with zero attached hydrogens (tertiary/aromatic N) is 3. The van der Waals surface area contributed by atoms with Crippen LogP contribution < -0.4 is 10.0 Å². The van der Waals surface area contributed by atoms with E-state index in [2.05, 4.69) is 9.97 Å². The van der Waals surface area contributed by atoms with E-state index < -0.39 is 15.3 Å². The maximum absolute atomic E-state index is 11.7. The van der Waals surface area contributed by atoms with Crippen molar-refractivity contribution in [1.82, 2.24) is 9.97 Å². The van der Waals surface area contributed by atoms with Gasteiger partial charge in [-0.15, -0.1) is 0 Å². The molecule has 0 bridgehead atoms. The van der Waals surface area contributed by atoms with Gasteiger partial charge in [0.15, 0.2) is 0 Å². The van der Waals surface area contributed by atoms with Gasteiger partial charge in [0.1, 0.15) is 5.25 Å². The SMILES string of the molecule is Cc1ccnc(N2CC(S(N)(=O)=O)CC2=O)n1. The van der Waals surface area contributed by atoms with Gasteiger partial charge in [0, 0.05) is 24.9 Å². The summed E-state index contributed by atoms with van der Waals surface area (Å²) in [5, 5.41) is 4.15. The molecule has 1 aromatic rings. The minimum absolute atomic E-state index is 0.0150. The average molecular weight is 256 g/mol. The first-order valence-electron chi connectivity index (χ1n) is 4.99. The van der Waals surface area contributed by atoms with Gasteiger partial charge in [-0.3, -0.25) is 9.69 Å². The van der Waals surface area contributed by atoms with Gasteiger partial charge >= 0.3 is 0 Å². The Balaban J connectivity index is 2.28. The highest BCUT2D eigenvalue weighted by Crippen LogP contribution is 2.20. The topological polar surface area (TPSA) is 106 Å². The van der Waals surface area contributed by atoms with Gasteiger partial charge in [0.05, 0.1) is 0 Å². The highest BCUT2D eigenvalue weighted by Gasteiger charge is 2.38. The zero-order chi connectivity index (χ0) is 12.6. The van der Waals surface area contributed by atoms with Crippen molar-refractivity contribution in [2.24, 2.45) is 5.14 Å². The van der Waals surface area contributed by atoms with Crippen molar-refractivity contribution in [3.05, 3.63) is 18.0 Å². The fraction of sp³-hybridized carbons (Fsp3) is 0.444. The number of sulfonamides is 1. The first-order valence-corrected chi connectivity index (χ1v) is 6.60. The van der Waals surface area contributed by atoms with Crippen LogP contribution in [0.15, 0.2) is 12.3 Å². The van der Waals surface area contributed by atoms with Crippen LogP contribution in [0, 0.1) is 6.92 Å². The zero-order valence-electron chi connectivity index (χ0n) is 9.20. The van der Waals surface area contributed by atoms with E-state index >= 15 is 0 Å². The van der Waals surface area contributed by atoms with Crippen LogP contribution in [0.3, 0.4) is 0 Å². The predicted octanol–water partition coefficient (Wildman–Crippen LogP) is -0.821. The Kier molecular flexibility index (Phi) is 2.84. The molecule has 1 fully saturated rings. The smallest absolute Gasteiger partial charge is 0.232 e. The van der Waals surface area contributed by atoms with E-state index in [0.29, 0.717) is 5.69 Å². The Labute approximate surface area is 98.7 Å². The van der Waals surface area contributed by atoms with Crippen LogP contribution in [0.4, 0.5) is 5.95 Å². The minimum Gasteiger partial charge on any atom is -0.279 e. The number of primary sulfonamides is 1. The van der Waals surface area contributed by atoms with Crippen molar-refractivity contribution in [3.63, 3.8) is 0 Å². The molecule has 1 unspecified atom stereocenters. The predicted molar refractivity (Wildman–Crippen MR) is 60.6 cm³/mol. The maximum atomic E-state index is 11.7. The summed E-state index contributed by atoms with van der Waals surface area (Å²) in [6, 6.07) is 1.70. The summed E-state index contributed by atoms with van der Waals surface area (Å²) in [6.07, 6.45) is 1.41. The summed E-state index contributed by atoms with van der Waals surface area (Å²) in [5.41, 5.74) is 0.710. The molecule has 92 valence electrons. The molecule has 2 rings (SSSR count). The molecule has 0 aromatic carbocycles. The fourth-order valence-corrected chi connectivity index (χ4v) is 2.39. The lowest BCUT2D eigenvalue weighted by Gasteiger charge is -2.13. The third-order valence-electron chi connectivity index (χ3n) is 2.58. The lowest BCUT2D eigenvalue weighted by atomic mass is 10.4. The first-order chi connectivity index (χ1) is 7.88. The fourth-order valence-electron chi connectivity index (χ4n) is 1.65. The summed E-state index contributed by atoms with van der Waals surface area (Å²) in [6.45, 7) is 1.78. The van der Waals surface area contributed by atoms with Gasteiger partial charge in [-0.2, -0.15) is 0 Å².